The quantitative estimate of drug-likeness (QED) is 0.503. The Morgan fingerprint density at radius 2 is 1.94 bits per heavy atom. The Bertz CT molecular complexity index is 368. The number of aliphatic hydroxyl groups excluding tert-OH is 1. The fourth-order valence-corrected chi connectivity index (χ4v) is 1.33. The van der Waals surface area contributed by atoms with Crippen molar-refractivity contribution in [3.8, 4) is 0 Å². The first-order chi connectivity index (χ1) is 7.67. The monoisotopic (exact) mass is 225 g/mol. The summed E-state index contributed by atoms with van der Waals surface area (Å²) in [6.07, 6.45) is 0. The van der Waals surface area contributed by atoms with Gasteiger partial charge in [0.2, 0.25) is 0 Å². The van der Waals surface area contributed by atoms with Crippen LogP contribution in [0.25, 0.3) is 0 Å². The van der Waals surface area contributed by atoms with Crippen LogP contribution in [0.2, 0.25) is 0 Å². The molecule has 0 amide bonds. The van der Waals surface area contributed by atoms with Gasteiger partial charge in [-0.15, -0.1) is 0 Å². The molecule has 3 N–H and O–H groups in total. The maximum atomic E-state index is 10.7. The highest BCUT2D eigenvalue weighted by Gasteiger charge is 2.08. The predicted octanol–water partition coefficient (Wildman–Crippen LogP) is 1.43. The van der Waals surface area contributed by atoms with Gasteiger partial charge < -0.3 is 15.7 Å². The number of nitro benzene ring substituents is 1. The van der Waals surface area contributed by atoms with Crippen LogP contribution >= 0.6 is 0 Å². The van der Waals surface area contributed by atoms with E-state index in [2.05, 4.69) is 10.6 Å². The minimum absolute atomic E-state index is 0.0147. The summed E-state index contributed by atoms with van der Waals surface area (Å²) in [5, 5.41) is 25.3. The molecule has 1 aromatic rings. The van der Waals surface area contributed by atoms with Crippen LogP contribution in [0.4, 0.5) is 17.1 Å². The van der Waals surface area contributed by atoms with Crippen molar-refractivity contribution in [2.45, 2.75) is 6.92 Å². The molecule has 0 unspecified atom stereocenters. The first kappa shape index (κ1) is 12.3. The van der Waals surface area contributed by atoms with Crippen LogP contribution in [-0.4, -0.2) is 29.7 Å². The molecular formula is C10H15N3O3. The van der Waals surface area contributed by atoms with Crippen LogP contribution in [0, 0.1) is 10.1 Å². The molecule has 0 saturated carbocycles. The molecule has 0 fully saturated rings. The average Bonchev–Trinajstić information content (AvgIpc) is 2.26. The molecule has 16 heavy (non-hydrogen) atoms. The van der Waals surface area contributed by atoms with Gasteiger partial charge in [-0.25, -0.2) is 0 Å². The Balaban J connectivity index is 2.93. The first-order valence-electron chi connectivity index (χ1n) is 5.05. The largest absolute Gasteiger partial charge is 0.395 e. The Labute approximate surface area is 93.4 Å². The summed E-state index contributed by atoms with van der Waals surface area (Å²) in [7, 11) is 0. The van der Waals surface area contributed by atoms with E-state index in [4.69, 9.17) is 5.11 Å². The highest BCUT2D eigenvalue weighted by atomic mass is 16.6. The molecule has 6 nitrogen and oxygen atoms in total. The number of benzene rings is 1. The second-order valence-electron chi connectivity index (χ2n) is 3.21. The van der Waals surface area contributed by atoms with E-state index >= 15 is 0 Å². The third-order valence-electron chi connectivity index (χ3n) is 1.95. The van der Waals surface area contributed by atoms with Crippen LogP contribution in [0.15, 0.2) is 18.2 Å². The third-order valence-corrected chi connectivity index (χ3v) is 1.95. The van der Waals surface area contributed by atoms with Gasteiger partial charge in [-0.1, -0.05) is 0 Å². The molecule has 0 aliphatic rings. The maximum absolute atomic E-state index is 10.7. The number of rotatable bonds is 6. The van der Waals surface area contributed by atoms with Gasteiger partial charge in [0.15, 0.2) is 0 Å². The van der Waals surface area contributed by atoms with Crippen molar-refractivity contribution < 1.29 is 10.0 Å². The van der Waals surface area contributed by atoms with Gasteiger partial charge in [0.25, 0.3) is 5.69 Å². The molecule has 0 aromatic heterocycles. The molecular weight excluding hydrogens is 210 g/mol. The fourth-order valence-electron chi connectivity index (χ4n) is 1.33. The average molecular weight is 225 g/mol. The van der Waals surface area contributed by atoms with E-state index in [1.165, 1.54) is 12.1 Å². The lowest BCUT2D eigenvalue weighted by Gasteiger charge is -2.08. The summed E-state index contributed by atoms with van der Waals surface area (Å²) in [6, 6.07) is 4.69. The summed E-state index contributed by atoms with van der Waals surface area (Å²) in [5.41, 5.74) is 1.34. The van der Waals surface area contributed by atoms with Crippen molar-refractivity contribution in [3.63, 3.8) is 0 Å². The molecule has 0 aliphatic carbocycles. The van der Waals surface area contributed by atoms with Crippen molar-refractivity contribution in [2.75, 3.05) is 30.3 Å². The number of nitrogens with zero attached hydrogens (tertiary/aromatic N) is 1. The van der Waals surface area contributed by atoms with E-state index < -0.39 is 4.92 Å². The summed E-state index contributed by atoms with van der Waals surface area (Å²) >= 11 is 0. The number of nitrogens with one attached hydrogen (secondary N) is 2. The Morgan fingerprint density at radius 3 is 2.44 bits per heavy atom. The lowest BCUT2D eigenvalue weighted by Crippen LogP contribution is -2.06. The van der Waals surface area contributed by atoms with Gasteiger partial charge in [-0.3, -0.25) is 10.1 Å². The van der Waals surface area contributed by atoms with Gasteiger partial charge in [0.1, 0.15) is 0 Å². The number of hydrogen-bond acceptors (Lipinski definition) is 5. The molecule has 6 heteroatoms. The molecule has 1 aromatic carbocycles. The van der Waals surface area contributed by atoms with Gasteiger partial charge in [-0.05, 0) is 13.0 Å². The molecule has 0 radical (unpaired) electrons. The lowest BCUT2D eigenvalue weighted by molar-refractivity contribution is -0.384. The molecule has 1 rings (SSSR count). The molecule has 0 spiro atoms. The number of anilines is 2. The number of aliphatic hydroxyl groups is 1. The Morgan fingerprint density at radius 1 is 1.31 bits per heavy atom. The summed E-state index contributed by atoms with van der Waals surface area (Å²) < 4.78 is 0. The smallest absolute Gasteiger partial charge is 0.273 e. The van der Waals surface area contributed by atoms with Crippen molar-refractivity contribution in [2.24, 2.45) is 0 Å². The number of nitro groups is 1. The highest BCUT2D eigenvalue weighted by Crippen LogP contribution is 2.24. The summed E-state index contributed by atoms with van der Waals surface area (Å²) in [4.78, 5) is 10.2. The zero-order valence-corrected chi connectivity index (χ0v) is 9.06. The van der Waals surface area contributed by atoms with E-state index in [-0.39, 0.29) is 12.3 Å². The van der Waals surface area contributed by atoms with E-state index in [9.17, 15) is 10.1 Å². The first-order valence-corrected chi connectivity index (χ1v) is 5.05. The van der Waals surface area contributed by atoms with Gasteiger partial charge in [0.05, 0.1) is 11.5 Å². The third kappa shape index (κ3) is 3.39. The molecule has 0 heterocycles. The van der Waals surface area contributed by atoms with Crippen molar-refractivity contribution in [3.05, 3.63) is 28.3 Å². The SMILES string of the molecule is CCNc1cc(NCCO)cc([N+](=O)[O-])c1. The second-order valence-corrected chi connectivity index (χ2v) is 3.21. The van der Waals surface area contributed by atoms with E-state index in [1.54, 1.807) is 6.07 Å². The Kier molecular flexibility index (Phi) is 4.53. The molecule has 88 valence electrons. The van der Waals surface area contributed by atoms with Crippen LogP contribution in [0.3, 0.4) is 0 Å². The highest BCUT2D eigenvalue weighted by molar-refractivity contribution is 5.63. The topological polar surface area (TPSA) is 87.4 Å². The normalized spacial score (nSPS) is 9.88. The number of hydrogen-bond donors (Lipinski definition) is 3. The minimum atomic E-state index is -0.440. The van der Waals surface area contributed by atoms with E-state index in [0.29, 0.717) is 24.5 Å². The molecule has 0 aliphatic heterocycles. The summed E-state index contributed by atoms with van der Waals surface area (Å²) in [5.74, 6) is 0. The predicted molar refractivity (Wildman–Crippen MR) is 62.8 cm³/mol. The van der Waals surface area contributed by atoms with Gasteiger partial charge in [0, 0.05) is 36.6 Å². The standard InChI is InChI=1S/C10H15N3O3/c1-2-11-8-5-9(12-3-4-14)7-10(6-8)13(15)16/h5-7,11-12,14H,2-4H2,1H3. The van der Waals surface area contributed by atoms with Gasteiger partial charge >= 0.3 is 0 Å². The Hall–Kier alpha value is -1.82. The van der Waals surface area contributed by atoms with Crippen LogP contribution in [0.5, 0.6) is 0 Å². The van der Waals surface area contributed by atoms with E-state index in [0.717, 1.165) is 0 Å². The van der Waals surface area contributed by atoms with Crippen molar-refractivity contribution in [1.29, 1.82) is 0 Å². The summed E-state index contributed by atoms with van der Waals surface area (Å²) in [6.45, 7) is 2.96. The van der Waals surface area contributed by atoms with Crippen LogP contribution < -0.4 is 10.6 Å². The zero-order valence-electron chi connectivity index (χ0n) is 9.06. The second kappa shape index (κ2) is 5.92. The minimum Gasteiger partial charge on any atom is -0.395 e. The lowest BCUT2D eigenvalue weighted by atomic mass is 10.2. The molecule has 0 bridgehead atoms. The van der Waals surface area contributed by atoms with Crippen molar-refractivity contribution >= 4 is 17.1 Å². The zero-order chi connectivity index (χ0) is 12.0. The fraction of sp³-hybridized carbons (Fsp3) is 0.400. The molecule has 0 atom stereocenters. The van der Waals surface area contributed by atoms with Crippen molar-refractivity contribution in [1.82, 2.24) is 0 Å². The maximum Gasteiger partial charge on any atom is 0.273 e. The number of non-ortho nitro benzene ring substituents is 1. The van der Waals surface area contributed by atoms with Crippen LogP contribution in [-0.2, 0) is 0 Å². The van der Waals surface area contributed by atoms with E-state index in [1.807, 2.05) is 6.92 Å². The molecule has 0 saturated heterocycles. The van der Waals surface area contributed by atoms with Crippen LogP contribution in [0.1, 0.15) is 6.92 Å². The van der Waals surface area contributed by atoms with Gasteiger partial charge in [-0.2, -0.15) is 0 Å².